The lowest BCUT2D eigenvalue weighted by Gasteiger charge is -2.10. The van der Waals surface area contributed by atoms with Gasteiger partial charge in [-0.15, -0.1) is 0 Å². The van der Waals surface area contributed by atoms with Gasteiger partial charge in [0.15, 0.2) is 0 Å². The highest BCUT2D eigenvalue weighted by Crippen LogP contribution is 2.14. The van der Waals surface area contributed by atoms with Crippen LogP contribution in [0.15, 0.2) is 0 Å². The molecule has 0 fully saturated rings. The fraction of sp³-hybridized carbons (Fsp3) is 0.944. The topological polar surface area (TPSA) is 83.5 Å². The molecule has 4 nitrogen and oxygen atoms in total. The summed E-state index contributed by atoms with van der Waals surface area (Å²) in [7, 11) is 0. The van der Waals surface area contributed by atoms with Crippen LogP contribution in [-0.4, -0.2) is 28.3 Å². The number of hydrogen-bond acceptors (Lipinski definition) is 3. The summed E-state index contributed by atoms with van der Waals surface area (Å²) in [5.74, 6) is -0.895. The number of carbonyl (C=O) groups is 1. The maximum Gasteiger partial charge on any atom is 0.320 e. The van der Waals surface area contributed by atoms with Crippen LogP contribution in [-0.2, 0) is 4.79 Å². The van der Waals surface area contributed by atoms with Gasteiger partial charge in [0.25, 0.3) is 0 Å². The molecule has 0 saturated carbocycles. The second kappa shape index (κ2) is 15.3. The van der Waals surface area contributed by atoms with Crippen LogP contribution < -0.4 is 5.73 Å². The van der Waals surface area contributed by atoms with Gasteiger partial charge in [-0.1, -0.05) is 77.6 Å². The summed E-state index contributed by atoms with van der Waals surface area (Å²) < 4.78 is 0. The molecule has 0 aromatic rings. The van der Waals surface area contributed by atoms with Crippen LogP contribution in [0.25, 0.3) is 0 Å². The molecule has 0 rings (SSSR count). The van der Waals surface area contributed by atoms with Gasteiger partial charge in [-0.3, -0.25) is 4.79 Å². The molecular formula is C18H37NO3. The number of rotatable bonds is 16. The van der Waals surface area contributed by atoms with Crippen LogP contribution in [0.3, 0.4) is 0 Å². The molecule has 22 heavy (non-hydrogen) atoms. The Balaban J connectivity index is 3.21. The predicted molar refractivity (Wildman–Crippen MR) is 91.9 cm³/mol. The van der Waals surface area contributed by atoms with Gasteiger partial charge in [0.1, 0.15) is 6.04 Å². The van der Waals surface area contributed by atoms with Gasteiger partial charge in [0.05, 0.1) is 6.10 Å². The van der Waals surface area contributed by atoms with E-state index >= 15 is 0 Å². The summed E-state index contributed by atoms with van der Waals surface area (Å²) in [4.78, 5) is 10.5. The number of nitrogens with two attached hydrogens (primary N) is 1. The summed E-state index contributed by atoms with van der Waals surface area (Å²) in [6.07, 6.45) is 15.2. The van der Waals surface area contributed by atoms with Crippen molar-refractivity contribution in [1.82, 2.24) is 0 Å². The van der Waals surface area contributed by atoms with Crippen LogP contribution in [0.1, 0.15) is 96.8 Å². The molecule has 0 bridgehead atoms. The molecule has 0 aliphatic rings. The molecule has 0 heterocycles. The number of aliphatic hydroxyl groups excluding tert-OH is 1. The van der Waals surface area contributed by atoms with Gasteiger partial charge in [-0.05, 0) is 19.3 Å². The SMILES string of the molecule is CCCCCCC(O)CCCCCCCCCC(N)C(=O)O. The Morgan fingerprint density at radius 3 is 1.68 bits per heavy atom. The lowest BCUT2D eigenvalue weighted by Crippen LogP contribution is -2.29. The molecule has 0 spiro atoms. The average molecular weight is 315 g/mol. The van der Waals surface area contributed by atoms with Crippen molar-refractivity contribution in [3.8, 4) is 0 Å². The van der Waals surface area contributed by atoms with Gasteiger partial charge < -0.3 is 15.9 Å². The van der Waals surface area contributed by atoms with Gasteiger partial charge in [0.2, 0.25) is 0 Å². The predicted octanol–water partition coefficient (Wildman–Crippen LogP) is 4.24. The third-order valence-electron chi connectivity index (χ3n) is 4.26. The minimum atomic E-state index is -0.895. The van der Waals surface area contributed by atoms with Crippen LogP contribution in [0, 0.1) is 0 Å². The summed E-state index contributed by atoms with van der Waals surface area (Å²) in [5.41, 5.74) is 5.45. The molecule has 132 valence electrons. The van der Waals surface area contributed by atoms with Gasteiger partial charge in [0, 0.05) is 0 Å². The van der Waals surface area contributed by atoms with Gasteiger partial charge in [-0.2, -0.15) is 0 Å². The molecule has 0 aromatic heterocycles. The summed E-state index contributed by atoms with van der Waals surface area (Å²) >= 11 is 0. The minimum Gasteiger partial charge on any atom is -0.480 e. The number of unbranched alkanes of at least 4 members (excludes halogenated alkanes) is 9. The van der Waals surface area contributed by atoms with Crippen molar-refractivity contribution in [3.63, 3.8) is 0 Å². The van der Waals surface area contributed by atoms with E-state index in [9.17, 15) is 9.90 Å². The summed E-state index contributed by atoms with van der Waals surface area (Å²) in [5, 5.41) is 18.5. The highest BCUT2D eigenvalue weighted by molar-refractivity contribution is 5.72. The lowest BCUT2D eigenvalue weighted by atomic mass is 10.0. The zero-order chi connectivity index (χ0) is 16.6. The number of carboxylic acids is 1. The first kappa shape index (κ1) is 21.4. The highest BCUT2D eigenvalue weighted by Gasteiger charge is 2.09. The normalized spacial score (nSPS) is 14.0. The largest absolute Gasteiger partial charge is 0.480 e. The molecule has 0 radical (unpaired) electrons. The quantitative estimate of drug-likeness (QED) is 0.372. The Labute approximate surface area is 136 Å². The third-order valence-corrected chi connectivity index (χ3v) is 4.26. The Bertz CT molecular complexity index is 259. The monoisotopic (exact) mass is 315 g/mol. The van der Waals surface area contributed by atoms with Crippen LogP contribution >= 0.6 is 0 Å². The van der Waals surface area contributed by atoms with E-state index < -0.39 is 12.0 Å². The Hall–Kier alpha value is -0.610. The lowest BCUT2D eigenvalue weighted by molar-refractivity contribution is -0.138. The van der Waals surface area contributed by atoms with Crippen molar-refractivity contribution in [2.24, 2.45) is 5.73 Å². The van der Waals surface area contributed by atoms with E-state index in [-0.39, 0.29) is 6.10 Å². The number of aliphatic hydroxyl groups is 1. The molecule has 4 N–H and O–H groups in total. The minimum absolute atomic E-state index is 0.102. The molecule has 0 saturated heterocycles. The maximum absolute atomic E-state index is 10.5. The van der Waals surface area contributed by atoms with Gasteiger partial charge >= 0.3 is 5.97 Å². The zero-order valence-corrected chi connectivity index (χ0v) is 14.4. The van der Waals surface area contributed by atoms with E-state index in [1.165, 1.54) is 38.5 Å². The second-order valence-electron chi connectivity index (χ2n) is 6.50. The third kappa shape index (κ3) is 14.3. The van der Waals surface area contributed by atoms with Crippen molar-refractivity contribution in [2.75, 3.05) is 0 Å². The van der Waals surface area contributed by atoms with E-state index in [2.05, 4.69) is 6.92 Å². The molecule has 2 unspecified atom stereocenters. The fourth-order valence-corrected chi connectivity index (χ4v) is 2.70. The summed E-state index contributed by atoms with van der Waals surface area (Å²) in [6, 6.07) is -0.696. The molecule has 0 aliphatic heterocycles. The van der Waals surface area contributed by atoms with Crippen molar-refractivity contribution >= 4 is 5.97 Å². The smallest absolute Gasteiger partial charge is 0.320 e. The first-order valence-electron chi connectivity index (χ1n) is 9.24. The Morgan fingerprint density at radius 1 is 0.818 bits per heavy atom. The first-order chi connectivity index (χ1) is 10.6. The fourth-order valence-electron chi connectivity index (χ4n) is 2.70. The van der Waals surface area contributed by atoms with Crippen LogP contribution in [0.5, 0.6) is 0 Å². The second-order valence-corrected chi connectivity index (χ2v) is 6.50. The van der Waals surface area contributed by atoms with Crippen LogP contribution in [0.4, 0.5) is 0 Å². The van der Waals surface area contributed by atoms with E-state index in [0.717, 1.165) is 44.9 Å². The van der Waals surface area contributed by atoms with Crippen molar-refractivity contribution in [1.29, 1.82) is 0 Å². The molecular weight excluding hydrogens is 278 g/mol. The van der Waals surface area contributed by atoms with E-state index in [1.54, 1.807) is 0 Å². The highest BCUT2D eigenvalue weighted by atomic mass is 16.4. The van der Waals surface area contributed by atoms with Crippen molar-refractivity contribution in [2.45, 2.75) is 109 Å². The van der Waals surface area contributed by atoms with Gasteiger partial charge in [-0.25, -0.2) is 0 Å². The first-order valence-corrected chi connectivity index (χ1v) is 9.24. The molecule has 2 atom stereocenters. The number of hydrogen-bond donors (Lipinski definition) is 3. The Morgan fingerprint density at radius 2 is 1.23 bits per heavy atom. The average Bonchev–Trinajstić information content (AvgIpc) is 2.49. The number of aliphatic carboxylic acids is 1. The van der Waals surface area contributed by atoms with Crippen LogP contribution in [0.2, 0.25) is 0 Å². The molecule has 0 aliphatic carbocycles. The van der Waals surface area contributed by atoms with E-state index in [0.29, 0.717) is 6.42 Å². The standard InChI is InChI=1S/C18H37NO3/c1-2-3-4-10-13-16(20)14-11-8-6-5-7-9-12-15-17(19)18(21)22/h16-17,20H,2-15,19H2,1H3,(H,21,22). The van der Waals surface area contributed by atoms with Crippen molar-refractivity contribution < 1.29 is 15.0 Å². The maximum atomic E-state index is 10.5. The van der Waals surface area contributed by atoms with E-state index in [1.807, 2.05) is 0 Å². The summed E-state index contributed by atoms with van der Waals surface area (Å²) in [6.45, 7) is 2.21. The Kier molecular flexibility index (Phi) is 14.9. The van der Waals surface area contributed by atoms with Crippen molar-refractivity contribution in [3.05, 3.63) is 0 Å². The number of carboxylic acid groups (broad SMARTS) is 1. The zero-order valence-electron chi connectivity index (χ0n) is 14.4. The molecule has 0 aromatic carbocycles. The molecule has 4 heteroatoms. The molecule has 0 amide bonds. The van der Waals surface area contributed by atoms with E-state index in [4.69, 9.17) is 10.8 Å².